The molecule has 0 bridgehead atoms. The van der Waals surface area contributed by atoms with Crippen molar-refractivity contribution in [2.45, 2.75) is 0 Å². The maximum atomic E-state index is 5.57. The van der Waals surface area contributed by atoms with Crippen molar-refractivity contribution < 1.29 is 9.47 Å². The number of aromatic nitrogens is 2. The molecule has 0 saturated heterocycles. The predicted molar refractivity (Wildman–Crippen MR) is 59.2 cm³/mol. The molecular formula is C9H11N3O2S. The highest BCUT2D eigenvalue weighted by atomic mass is 32.1. The minimum Gasteiger partial charge on any atom is -0.475 e. The first-order valence-corrected chi connectivity index (χ1v) is 5.26. The van der Waals surface area contributed by atoms with Crippen molar-refractivity contribution in [3.63, 3.8) is 0 Å². The zero-order valence-corrected chi connectivity index (χ0v) is 9.08. The van der Waals surface area contributed by atoms with E-state index in [0.29, 0.717) is 29.9 Å². The number of nitrogens with zero attached hydrogens (tertiary/aromatic N) is 2. The number of thiazole rings is 1. The van der Waals surface area contributed by atoms with Gasteiger partial charge in [-0.25, -0.2) is 4.98 Å². The van der Waals surface area contributed by atoms with Gasteiger partial charge >= 0.3 is 0 Å². The lowest BCUT2D eigenvalue weighted by Gasteiger charge is -2.02. The number of nitrogen functional groups attached to an aromatic ring is 1. The Hall–Kier alpha value is -1.40. The highest BCUT2D eigenvalue weighted by Gasteiger charge is 2.03. The van der Waals surface area contributed by atoms with E-state index in [1.807, 2.05) is 6.07 Å². The zero-order valence-electron chi connectivity index (χ0n) is 8.27. The number of anilines is 1. The highest BCUT2D eigenvalue weighted by molar-refractivity contribution is 7.21. The first-order chi connectivity index (χ1) is 7.29. The maximum Gasteiger partial charge on any atom is 0.215 e. The molecule has 0 unspecified atom stereocenters. The molecule has 6 heteroatoms. The highest BCUT2D eigenvalue weighted by Crippen LogP contribution is 2.23. The summed E-state index contributed by atoms with van der Waals surface area (Å²) in [4.78, 5) is 8.29. The van der Waals surface area contributed by atoms with Gasteiger partial charge in [0.25, 0.3) is 0 Å². The number of pyridine rings is 1. The smallest absolute Gasteiger partial charge is 0.215 e. The van der Waals surface area contributed by atoms with Gasteiger partial charge in [-0.3, -0.25) is 0 Å². The summed E-state index contributed by atoms with van der Waals surface area (Å²) in [5.74, 6) is 0.546. The summed E-state index contributed by atoms with van der Waals surface area (Å²) in [6.07, 6.45) is 0. The van der Waals surface area contributed by atoms with Crippen LogP contribution in [0.4, 0.5) is 5.13 Å². The number of hydrogen-bond acceptors (Lipinski definition) is 6. The standard InChI is InChI=1S/C9H11N3O2S/c1-13-4-5-14-7-3-2-6-8(11-7)12-9(10)15-6/h2-3H,4-5H2,1H3,(H2,10,11,12). The average molecular weight is 225 g/mol. The van der Waals surface area contributed by atoms with Crippen LogP contribution in [0.15, 0.2) is 12.1 Å². The molecule has 2 rings (SSSR count). The van der Waals surface area contributed by atoms with Crippen LogP contribution in [0, 0.1) is 0 Å². The van der Waals surface area contributed by atoms with Crippen molar-refractivity contribution >= 4 is 26.8 Å². The molecule has 2 aromatic heterocycles. The lowest BCUT2D eigenvalue weighted by atomic mass is 10.5. The zero-order chi connectivity index (χ0) is 10.7. The third kappa shape index (κ3) is 2.34. The lowest BCUT2D eigenvalue weighted by Crippen LogP contribution is -2.05. The topological polar surface area (TPSA) is 70.3 Å². The van der Waals surface area contributed by atoms with Gasteiger partial charge in [0.05, 0.1) is 11.3 Å². The number of methoxy groups -OCH3 is 1. The second-order valence-electron chi connectivity index (χ2n) is 2.86. The van der Waals surface area contributed by atoms with Crippen molar-refractivity contribution in [1.82, 2.24) is 9.97 Å². The van der Waals surface area contributed by atoms with E-state index in [0.717, 1.165) is 4.70 Å². The molecule has 0 amide bonds. The fourth-order valence-corrected chi connectivity index (χ4v) is 1.80. The first kappa shape index (κ1) is 10.1. The predicted octanol–water partition coefficient (Wildman–Crippen LogP) is 1.30. The summed E-state index contributed by atoms with van der Waals surface area (Å²) >= 11 is 1.41. The van der Waals surface area contributed by atoms with Crippen molar-refractivity contribution in [2.75, 3.05) is 26.1 Å². The fraction of sp³-hybridized carbons (Fsp3) is 0.333. The molecule has 0 atom stereocenters. The molecular weight excluding hydrogens is 214 g/mol. The van der Waals surface area contributed by atoms with Gasteiger partial charge in [-0.1, -0.05) is 11.3 Å². The number of nitrogens with two attached hydrogens (primary N) is 1. The van der Waals surface area contributed by atoms with Crippen molar-refractivity contribution in [3.05, 3.63) is 12.1 Å². The minimum absolute atomic E-state index is 0.481. The minimum atomic E-state index is 0.481. The molecule has 2 aromatic rings. The molecule has 2 N–H and O–H groups in total. The van der Waals surface area contributed by atoms with Crippen molar-refractivity contribution in [1.29, 1.82) is 0 Å². The van der Waals surface area contributed by atoms with Gasteiger partial charge < -0.3 is 15.2 Å². The van der Waals surface area contributed by atoms with Gasteiger partial charge in [-0.15, -0.1) is 0 Å². The quantitative estimate of drug-likeness (QED) is 0.794. The van der Waals surface area contributed by atoms with Crippen LogP contribution >= 0.6 is 11.3 Å². The molecule has 15 heavy (non-hydrogen) atoms. The Morgan fingerprint density at radius 1 is 1.33 bits per heavy atom. The molecule has 0 aliphatic rings. The van der Waals surface area contributed by atoms with E-state index in [9.17, 15) is 0 Å². The molecule has 0 aliphatic heterocycles. The molecule has 0 spiro atoms. The van der Waals surface area contributed by atoms with Crippen LogP contribution < -0.4 is 10.5 Å². The molecule has 0 saturated carbocycles. The second kappa shape index (κ2) is 4.41. The molecule has 0 aliphatic carbocycles. The molecule has 5 nitrogen and oxygen atoms in total. The number of rotatable bonds is 4. The van der Waals surface area contributed by atoms with Crippen LogP contribution in [-0.4, -0.2) is 30.3 Å². The second-order valence-corrected chi connectivity index (χ2v) is 3.93. The van der Waals surface area contributed by atoms with Gasteiger partial charge in [-0.2, -0.15) is 4.98 Å². The Morgan fingerprint density at radius 3 is 3.00 bits per heavy atom. The third-order valence-corrected chi connectivity index (χ3v) is 2.62. The third-order valence-electron chi connectivity index (χ3n) is 1.78. The molecule has 2 heterocycles. The van der Waals surface area contributed by atoms with E-state index in [1.165, 1.54) is 11.3 Å². The average Bonchev–Trinajstić information content (AvgIpc) is 2.57. The van der Waals surface area contributed by atoms with E-state index < -0.39 is 0 Å². The summed E-state index contributed by atoms with van der Waals surface area (Å²) < 4.78 is 11.2. The van der Waals surface area contributed by atoms with Crippen molar-refractivity contribution in [3.8, 4) is 5.88 Å². The Balaban J connectivity index is 2.15. The van der Waals surface area contributed by atoms with Crippen LogP contribution in [0.1, 0.15) is 0 Å². The largest absolute Gasteiger partial charge is 0.475 e. The SMILES string of the molecule is COCCOc1ccc2sc(N)nc2n1. The Bertz CT molecular complexity index is 458. The van der Waals surface area contributed by atoms with Gasteiger partial charge in [0.15, 0.2) is 10.8 Å². The first-order valence-electron chi connectivity index (χ1n) is 4.44. The lowest BCUT2D eigenvalue weighted by molar-refractivity contribution is 0.144. The van der Waals surface area contributed by atoms with E-state index in [2.05, 4.69) is 9.97 Å². The monoisotopic (exact) mass is 225 g/mol. The van der Waals surface area contributed by atoms with Gasteiger partial charge in [0.1, 0.15) is 6.61 Å². The molecule has 0 fully saturated rings. The number of fused-ring (bicyclic) bond motifs is 1. The summed E-state index contributed by atoms with van der Waals surface area (Å²) in [5, 5.41) is 0.520. The number of ether oxygens (including phenoxy) is 2. The summed E-state index contributed by atoms with van der Waals surface area (Å²) in [7, 11) is 1.63. The van der Waals surface area contributed by atoms with E-state index in [1.54, 1.807) is 13.2 Å². The van der Waals surface area contributed by atoms with Crippen LogP contribution in [0.2, 0.25) is 0 Å². The molecule has 0 aromatic carbocycles. The van der Waals surface area contributed by atoms with Crippen LogP contribution in [-0.2, 0) is 4.74 Å². The van der Waals surface area contributed by atoms with Gasteiger partial charge in [-0.05, 0) is 6.07 Å². The summed E-state index contributed by atoms with van der Waals surface area (Å²) in [5.41, 5.74) is 6.20. The fourth-order valence-electron chi connectivity index (χ4n) is 1.13. The van der Waals surface area contributed by atoms with E-state index >= 15 is 0 Å². The van der Waals surface area contributed by atoms with Crippen LogP contribution in [0.5, 0.6) is 5.88 Å². The maximum absolute atomic E-state index is 5.57. The van der Waals surface area contributed by atoms with Crippen LogP contribution in [0.25, 0.3) is 10.3 Å². The molecule has 0 radical (unpaired) electrons. The van der Waals surface area contributed by atoms with E-state index in [-0.39, 0.29) is 0 Å². The van der Waals surface area contributed by atoms with Crippen molar-refractivity contribution in [2.24, 2.45) is 0 Å². The number of hydrogen-bond donors (Lipinski definition) is 1. The Kier molecular flexibility index (Phi) is 2.98. The van der Waals surface area contributed by atoms with Gasteiger partial charge in [0.2, 0.25) is 5.88 Å². The Morgan fingerprint density at radius 2 is 2.20 bits per heavy atom. The molecule has 80 valence electrons. The van der Waals surface area contributed by atoms with E-state index in [4.69, 9.17) is 15.2 Å². The Labute approximate surface area is 90.9 Å². The normalized spacial score (nSPS) is 10.7. The summed E-state index contributed by atoms with van der Waals surface area (Å²) in [6.45, 7) is 1.02. The van der Waals surface area contributed by atoms with Crippen LogP contribution in [0.3, 0.4) is 0 Å². The van der Waals surface area contributed by atoms with Gasteiger partial charge in [0, 0.05) is 13.2 Å². The summed E-state index contributed by atoms with van der Waals surface area (Å²) in [6, 6.07) is 3.70.